The van der Waals surface area contributed by atoms with Crippen molar-refractivity contribution in [2.45, 2.75) is 26.8 Å². The van der Waals surface area contributed by atoms with Gasteiger partial charge < -0.3 is 11.1 Å². The van der Waals surface area contributed by atoms with Crippen molar-refractivity contribution in [1.29, 1.82) is 0 Å². The highest BCUT2D eigenvalue weighted by molar-refractivity contribution is 5.73. The monoisotopic (exact) mass is 144 g/mol. The average molecular weight is 144 g/mol. The second-order valence-corrected chi connectivity index (χ2v) is 2.70. The van der Waals surface area contributed by atoms with Crippen molar-refractivity contribution in [1.82, 2.24) is 5.32 Å². The maximum atomic E-state index is 10.5. The van der Waals surface area contributed by atoms with Gasteiger partial charge in [-0.25, -0.2) is 0 Å². The Balaban J connectivity index is 3.61. The van der Waals surface area contributed by atoms with Gasteiger partial charge in [-0.3, -0.25) is 4.79 Å². The minimum absolute atomic E-state index is 0.00722. The van der Waals surface area contributed by atoms with Crippen LogP contribution in [0.25, 0.3) is 0 Å². The molecule has 0 fully saturated rings. The number of nitrogens with one attached hydrogen (secondary N) is 1. The molecule has 0 aromatic carbocycles. The molecule has 2 atom stereocenters. The fraction of sp³-hybridized carbons (Fsp3) is 0.857. The van der Waals surface area contributed by atoms with Gasteiger partial charge >= 0.3 is 0 Å². The van der Waals surface area contributed by atoms with Gasteiger partial charge in [0.1, 0.15) is 0 Å². The molecule has 10 heavy (non-hydrogen) atoms. The quantitative estimate of drug-likeness (QED) is 0.590. The van der Waals surface area contributed by atoms with Crippen LogP contribution in [0.1, 0.15) is 20.8 Å². The molecule has 3 nitrogen and oxygen atoms in total. The molecule has 0 spiro atoms. The first-order valence-electron chi connectivity index (χ1n) is 3.55. The first-order chi connectivity index (χ1) is 4.57. The van der Waals surface area contributed by atoms with Gasteiger partial charge in [0.2, 0.25) is 5.91 Å². The van der Waals surface area contributed by atoms with Gasteiger partial charge in [-0.2, -0.15) is 0 Å². The Morgan fingerprint density at radius 2 is 2.10 bits per heavy atom. The smallest absolute Gasteiger partial charge is 0.217 e. The van der Waals surface area contributed by atoms with Gasteiger partial charge in [0.05, 0.1) is 0 Å². The Labute approximate surface area is 62.0 Å². The summed E-state index contributed by atoms with van der Waals surface area (Å²) >= 11 is 0. The standard InChI is InChI=1S/C7H16N2O/c1-5(4-8)6(2)9-7(3)10/h5-6H,4,8H2,1-3H3,(H,9,10). The molecular weight excluding hydrogens is 128 g/mol. The van der Waals surface area contributed by atoms with Crippen LogP contribution in [0, 0.1) is 5.92 Å². The van der Waals surface area contributed by atoms with Gasteiger partial charge in [0.15, 0.2) is 0 Å². The van der Waals surface area contributed by atoms with Crippen molar-refractivity contribution >= 4 is 5.91 Å². The van der Waals surface area contributed by atoms with E-state index in [0.717, 1.165) is 0 Å². The number of carbonyl (C=O) groups excluding carboxylic acids is 1. The van der Waals surface area contributed by atoms with E-state index in [2.05, 4.69) is 5.32 Å². The zero-order valence-corrected chi connectivity index (χ0v) is 6.85. The molecule has 0 rings (SSSR count). The van der Waals surface area contributed by atoms with Gasteiger partial charge in [0.25, 0.3) is 0 Å². The predicted octanol–water partition coefficient (Wildman–Crippen LogP) is 0.106. The highest BCUT2D eigenvalue weighted by atomic mass is 16.1. The van der Waals surface area contributed by atoms with Crippen LogP contribution in [0.5, 0.6) is 0 Å². The maximum Gasteiger partial charge on any atom is 0.217 e. The molecule has 1 amide bonds. The van der Waals surface area contributed by atoms with E-state index in [4.69, 9.17) is 5.73 Å². The zero-order chi connectivity index (χ0) is 8.15. The van der Waals surface area contributed by atoms with E-state index in [1.807, 2.05) is 13.8 Å². The van der Waals surface area contributed by atoms with E-state index >= 15 is 0 Å². The van der Waals surface area contributed by atoms with E-state index in [1.165, 1.54) is 6.92 Å². The Kier molecular flexibility index (Phi) is 4.03. The average Bonchev–Trinajstić information content (AvgIpc) is 1.85. The number of hydrogen-bond acceptors (Lipinski definition) is 2. The molecule has 0 heterocycles. The van der Waals surface area contributed by atoms with Crippen LogP contribution in [0.2, 0.25) is 0 Å². The lowest BCUT2D eigenvalue weighted by atomic mass is 10.0. The number of hydrogen-bond donors (Lipinski definition) is 2. The molecule has 0 aliphatic rings. The minimum atomic E-state index is 0.00722. The second kappa shape index (κ2) is 4.28. The third kappa shape index (κ3) is 3.45. The molecule has 60 valence electrons. The molecule has 0 aliphatic heterocycles. The van der Waals surface area contributed by atoms with Crippen molar-refractivity contribution in [3.63, 3.8) is 0 Å². The highest BCUT2D eigenvalue weighted by Crippen LogP contribution is 1.98. The number of carbonyl (C=O) groups is 1. The SMILES string of the molecule is CC(=O)NC(C)C(C)CN. The van der Waals surface area contributed by atoms with Crippen LogP contribution >= 0.6 is 0 Å². The summed E-state index contributed by atoms with van der Waals surface area (Å²) < 4.78 is 0. The molecule has 0 saturated heterocycles. The molecule has 0 bridgehead atoms. The normalized spacial score (nSPS) is 16.0. The van der Waals surface area contributed by atoms with Crippen LogP contribution in [0.15, 0.2) is 0 Å². The predicted molar refractivity (Wildman–Crippen MR) is 41.5 cm³/mol. The van der Waals surface area contributed by atoms with Crippen molar-refractivity contribution in [2.24, 2.45) is 11.7 Å². The molecule has 2 unspecified atom stereocenters. The fourth-order valence-electron chi connectivity index (χ4n) is 0.667. The maximum absolute atomic E-state index is 10.5. The Morgan fingerprint density at radius 3 is 2.40 bits per heavy atom. The molecule has 0 aromatic heterocycles. The number of nitrogens with two attached hydrogens (primary N) is 1. The lowest BCUT2D eigenvalue weighted by Crippen LogP contribution is -2.38. The summed E-state index contributed by atoms with van der Waals surface area (Å²) in [6.07, 6.45) is 0. The van der Waals surface area contributed by atoms with Gasteiger partial charge in [0, 0.05) is 13.0 Å². The fourth-order valence-corrected chi connectivity index (χ4v) is 0.667. The third-order valence-electron chi connectivity index (χ3n) is 1.66. The molecular formula is C7H16N2O. The lowest BCUT2D eigenvalue weighted by molar-refractivity contribution is -0.119. The molecule has 0 saturated carbocycles. The summed E-state index contributed by atoms with van der Waals surface area (Å²) in [5, 5.41) is 2.77. The van der Waals surface area contributed by atoms with E-state index in [9.17, 15) is 4.79 Å². The first kappa shape index (κ1) is 9.43. The highest BCUT2D eigenvalue weighted by Gasteiger charge is 2.09. The number of rotatable bonds is 3. The van der Waals surface area contributed by atoms with Crippen molar-refractivity contribution < 1.29 is 4.79 Å². The largest absolute Gasteiger partial charge is 0.354 e. The minimum Gasteiger partial charge on any atom is -0.354 e. The Hall–Kier alpha value is -0.570. The molecule has 3 N–H and O–H groups in total. The van der Waals surface area contributed by atoms with E-state index < -0.39 is 0 Å². The van der Waals surface area contributed by atoms with Crippen LogP contribution in [-0.2, 0) is 4.79 Å². The molecule has 3 heteroatoms. The zero-order valence-electron chi connectivity index (χ0n) is 6.85. The summed E-state index contributed by atoms with van der Waals surface area (Å²) in [5.74, 6) is 0.358. The van der Waals surface area contributed by atoms with Crippen molar-refractivity contribution in [3.05, 3.63) is 0 Å². The lowest BCUT2D eigenvalue weighted by Gasteiger charge is -2.18. The summed E-state index contributed by atoms with van der Waals surface area (Å²) in [6.45, 7) is 6.10. The summed E-state index contributed by atoms with van der Waals surface area (Å²) in [4.78, 5) is 10.5. The van der Waals surface area contributed by atoms with Crippen molar-refractivity contribution in [2.75, 3.05) is 6.54 Å². The van der Waals surface area contributed by atoms with Crippen LogP contribution in [0.4, 0.5) is 0 Å². The van der Waals surface area contributed by atoms with Crippen LogP contribution < -0.4 is 11.1 Å². The molecule has 0 aliphatic carbocycles. The molecule has 0 radical (unpaired) electrons. The summed E-state index contributed by atoms with van der Waals surface area (Å²) in [7, 11) is 0. The van der Waals surface area contributed by atoms with E-state index in [1.54, 1.807) is 0 Å². The number of amides is 1. The van der Waals surface area contributed by atoms with Crippen LogP contribution in [-0.4, -0.2) is 18.5 Å². The van der Waals surface area contributed by atoms with E-state index in [-0.39, 0.29) is 11.9 Å². The summed E-state index contributed by atoms with van der Waals surface area (Å²) in [5.41, 5.74) is 5.40. The topological polar surface area (TPSA) is 55.1 Å². The first-order valence-corrected chi connectivity index (χ1v) is 3.55. The van der Waals surface area contributed by atoms with Crippen LogP contribution in [0.3, 0.4) is 0 Å². The third-order valence-corrected chi connectivity index (χ3v) is 1.66. The Bertz CT molecular complexity index is 114. The summed E-state index contributed by atoms with van der Waals surface area (Å²) in [6, 6.07) is 0.183. The second-order valence-electron chi connectivity index (χ2n) is 2.70. The van der Waals surface area contributed by atoms with Gasteiger partial charge in [-0.05, 0) is 19.4 Å². The Morgan fingerprint density at radius 1 is 1.60 bits per heavy atom. The van der Waals surface area contributed by atoms with Gasteiger partial charge in [-0.15, -0.1) is 0 Å². The van der Waals surface area contributed by atoms with Gasteiger partial charge in [-0.1, -0.05) is 6.92 Å². The van der Waals surface area contributed by atoms with E-state index in [0.29, 0.717) is 12.5 Å². The molecule has 0 aromatic rings. The van der Waals surface area contributed by atoms with Crippen molar-refractivity contribution in [3.8, 4) is 0 Å².